The average molecular weight is 335 g/mol. The molecule has 124 valence electrons. The highest BCUT2D eigenvalue weighted by Crippen LogP contribution is 2.34. The maximum absolute atomic E-state index is 13.2. The first-order chi connectivity index (χ1) is 10.8. The van der Waals surface area contributed by atoms with E-state index in [2.05, 4.69) is 4.98 Å². The average Bonchev–Trinajstić information content (AvgIpc) is 2.49. The molecule has 0 amide bonds. The summed E-state index contributed by atoms with van der Waals surface area (Å²) in [7, 11) is -3.75. The molecule has 6 nitrogen and oxygen atoms in total. The Morgan fingerprint density at radius 3 is 2.74 bits per heavy atom. The number of nitrogens with two attached hydrogens (primary N) is 1. The minimum atomic E-state index is -3.75. The van der Waals surface area contributed by atoms with E-state index in [9.17, 15) is 13.2 Å². The number of nitrogens with one attached hydrogen (secondary N) is 1. The molecule has 1 saturated heterocycles. The molecule has 1 aliphatic rings. The second kappa shape index (κ2) is 5.43. The number of hydrogen-bond donors (Lipinski definition) is 2. The van der Waals surface area contributed by atoms with Crippen LogP contribution in [0.5, 0.6) is 0 Å². The standard InChI is InChI=1S/C16H21N3O3S/c1-16(2)14(17)7-4-10-19(16)23(21,22)13-6-3-5-12-11(13)8-9-18-15(12)20/h3,5-6,8-9,14H,4,7,10,17H2,1-2H3,(H,18,20). The van der Waals surface area contributed by atoms with E-state index in [-0.39, 0.29) is 16.5 Å². The van der Waals surface area contributed by atoms with Gasteiger partial charge in [0.25, 0.3) is 5.56 Å². The van der Waals surface area contributed by atoms with E-state index in [4.69, 9.17) is 5.73 Å². The van der Waals surface area contributed by atoms with Crippen LogP contribution in [0.3, 0.4) is 0 Å². The van der Waals surface area contributed by atoms with E-state index in [0.717, 1.165) is 12.8 Å². The lowest BCUT2D eigenvalue weighted by Gasteiger charge is -2.45. The zero-order chi connectivity index (χ0) is 16.8. The van der Waals surface area contributed by atoms with Crippen LogP contribution in [0.25, 0.3) is 10.8 Å². The lowest BCUT2D eigenvalue weighted by Crippen LogP contribution is -2.61. The quantitative estimate of drug-likeness (QED) is 0.867. The molecule has 1 aromatic carbocycles. The molecule has 1 fully saturated rings. The molecule has 2 heterocycles. The van der Waals surface area contributed by atoms with Gasteiger partial charge in [0.15, 0.2) is 0 Å². The highest BCUT2D eigenvalue weighted by Gasteiger charge is 2.43. The molecular weight excluding hydrogens is 314 g/mol. The smallest absolute Gasteiger partial charge is 0.255 e. The molecule has 2 aromatic rings. The van der Waals surface area contributed by atoms with E-state index in [0.29, 0.717) is 17.3 Å². The number of aromatic nitrogens is 1. The summed E-state index contributed by atoms with van der Waals surface area (Å²) < 4.78 is 27.9. The largest absolute Gasteiger partial charge is 0.329 e. The van der Waals surface area contributed by atoms with E-state index >= 15 is 0 Å². The van der Waals surface area contributed by atoms with Crippen LogP contribution in [0.4, 0.5) is 0 Å². The molecule has 0 spiro atoms. The van der Waals surface area contributed by atoms with Crippen molar-refractivity contribution in [3.05, 3.63) is 40.8 Å². The van der Waals surface area contributed by atoms with Crippen molar-refractivity contribution < 1.29 is 8.42 Å². The predicted octanol–water partition coefficient (Wildman–Crippen LogP) is 1.42. The molecule has 0 saturated carbocycles. The lowest BCUT2D eigenvalue weighted by atomic mass is 9.88. The Bertz CT molecular complexity index is 902. The van der Waals surface area contributed by atoms with Crippen molar-refractivity contribution in [3.8, 4) is 0 Å². The SMILES string of the molecule is CC1(C)C(N)CCCN1S(=O)(=O)c1cccc2c(=O)[nH]ccc12. The molecule has 3 rings (SSSR count). The van der Waals surface area contributed by atoms with Crippen LogP contribution in [0.15, 0.2) is 40.2 Å². The Morgan fingerprint density at radius 2 is 2.00 bits per heavy atom. The maximum Gasteiger partial charge on any atom is 0.255 e. The summed E-state index contributed by atoms with van der Waals surface area (Å²) in [5.41, 5.74) is 5.19. The zero-order valence-corrected chi connectivity index (χ0v) is 14.1. The van der Waals surface area contributed by atoms with Gasteiger partial charge in [0.1, 0.15) is 0 Å². The van der Waals surface area contributed by atoms with E-state index < -0.39 is 15.6 Å². The van der Waals surface area contributed by atoms with Crippen molar-refractivity contribution >= 4 is 20.8 Å². The van der Waals surface area contributed by atoms with Gasteiger partial charge in [-0.15, -0.1) is 0 Å². The Morgan fingerprint density at radius 1 is 1.26 bits per heavy atom. The van der Waals surface area contributed by atoms with Crippen molar-refractivity contribution in [1.29, 1.82) is 0 Å². The highest BCUT2D eigenvalue weighted by molar-refractivity contribution is 7.89. The van der Waals surface area contributed by atoms with Crippen molar-refractivity contribution in [2.45, 2.75) is 43.2 Å². The van der Waals surface area contributed by atoms with Gasteiger partial charge >= 0.3 is 0 Å². The van der Waals surface area contributed by atoms with Crippen LogP contribution in [0.2, 0.25) is 0 Å². The normalized spacial score (nSPS) is 22.3. The van der Waals surface area contributed by atoms with Crippen LogP contribution in [-0.4, -0.2) is 35.8 Å². The second-order valence-corrected chi connectivity index (χ2v) is 8.33. The van der Waals surface area contributed by atoms with Crippen LogP contribution in [0, 0.1) is 0 Å². The van der Waals surface area contributed by atoms with E-state index in [1.165, 1.54) is 10.5 Å². The van der Waals surface area contributed by atoms with E-state index in [1.54, 1.807) is 24.3 Å². The first kappa shape index (κ1) is 16.2. The van der Waals surface area contributed by atoms with Gasteiger partial charge in [0.2, 0.25) is 10.0 Å². The van der Waals surface area contributed by atoms with Gasteiger partial charge in [-0.25, -0.2) is 8.42 Å². The number of H-pyrrole nitrogens is 1. The number of piperidine rings is 1. The fraction of sp³-hybridized carbons (Fsp3) is 0.438. The van der Waals surface area contributed by atoms with Gasteiger partial charge in [-0.3, -0.25) is 4.79 Å². The summed E-state index contributed by atoms with van der Waals surface area (Å²) in [5, 5.41) is 0.805. The molecular formula is C16H21N3O3S. The fourth-order valence-corrected chi connectivity index (χ4v) is 5.32. The number of aromatic amines is 1. The van der Waals surface area contributed by atoms with Gasteiger partial charge in [-0.1, -0.05) is 6.07 Å². The van der Waals surface area contributed by atoms with Gasteiger partial charge < -0.3 is 10.7 Å². The third kappa shape index (κ3) is 2.49. The number of hydrogen-bond acceptors (Lipinski definition) is 4. The number of rotatable bonds is 2. The summed E-state index contributed by atoms with van der Waals surface area (Å²) in [6.45, 7) is 4.14. The van der Waals surface area contributed by atoms with Crippen LogP contribution < -0.4 is 11.3 Å². The fourth-order valence-electron chi connectivity index (χ4n) is 3.25. The number of fused-ring (bicyclic) bond motifs is 1. The van der Waals surface area contributed by atoms with Gasteiger partial charge in [-0.05, 0) is 44.9 Å². The molecule has 23 heavy (non-hydrogen) atoms. The van der Waals surface area contributed by atoms with Crippen molar-refractivity contribution in [2.24, 2.45) is 5.73 Å². The molecule has 7 heteroatoms. The van der Waals surface area contributed by atoms with Crippen molar-refractivity contribution in [3.63, 3.8) is 0 Å². The van der Waals surface area contributed by atoms with Gasteiger partial charge in [0.05, 0.1) is 4.90 Å². The van der Waals surface area contributed by atoms with Crippen LogP contribution >= 0.6 is 0 Å². The Labute approximate surface area is 135 Å². The first-order valence-corrected chi connectivity index (χ1v) is 9.09. The molecule has 1 unspecified atom stereocenters. The summed E-state index contributed by atoms with van der Waals surface area (Å²) in [4.78, 5) is 14.7. The molecule has 0 radical (unpaired) electrons. The monoisotopic (exact) mass is 335 g/mol. The minimum Gasteiger partial charge on any atom is -0.329 e. The Balaban J connectivity index is 2.22. The third-order valence-electron chi connectivity index (χ3n) is 4.77. The summed E-state index contributed by atoms with van der Waals surface area (Å²) in [6.07, 6.45) is 3.00. The van der Waals surface area contributed by atoms with Crippen LogP contribution in [-0.2, 0) is 10.0 Å². The molecule has 3 N–H and O–H groups in total. The first-order valence-electron chi connectivity index (χ1n) is 7.65. The minimum absolute atomic E-state index is 0.156. The van der Waals surface area contributed by atoms with Gasteiger partial charge in [0, 0.05) is 35.1 Å². The molecule has 1 atom stereocenters. The third-order valence-corrected chi connectivity index (χ3v) is 6.91. The highest BCUT2D eigenvalue weighted by atomic mass is 32.2. The van der Waals surface area contributed by atoms with Crippen molar-refractivity contribution in [1.82, 2.24) is 9.29 Å². The topological polar surface area (TPSA) is 96.3 Å². The zero-order valence-electron chi connectivity index (χ0n) is 13.2. The summed E-state index contributed by atoms with van der Waals surface area (Å²) in [6, 6.07) is 6.18. The number of benzene rings is 1. The van der Waals surface area contributed by atoms with Crippen molar-refractivity contribution in [2.75, 3.05) is 6.54 Å². The van der Waals surface area contributed by atoms with E-state index in [1.807, 2.05) is 13.8 Å². The Kier molecular flexibility index (Phi) is 3.82. The number of sulfonamides is 1. The number of pyridine rings is 1. The summed E-state index contributed by atoms with van der Waals surface area (Å²) >= 11 is 0. The summed E-state index contributed by atoms with van der Waals surface area (Å²) in [5.74, 6) is 0. The van der Waals surface area contributed by atoms with Gasteiger partial charge in [-0.2, -0.15) is 4.31 Å². The number of nitrogens with zero attached hydrogens (tertiary/aromatic N) is 1. The molecule has 0 aliphatic carbocycles. The molecule has 0 bridgehead atoms. The second-order valence-electron chi connectivity index (χ2n) is 6.50. The Hall–Kier alpha value is -1.70. The predicted molar refractivity (Wildman–Crippen MR) is 89.7 cm³/mol. The molecule has 1 aromatic heterocycles. The molecule has 1 aliphatic heterocycles. The lowest BCUT2D eigenvalue weighted by molar-refractivity contribution is 0.142. The maximum atomic E-state index is 13.2. The van der Waals surface area contributed by atoms with Crippen LogP contribution in [0.1, 0.15) is 26.7 Å².